The van der Waals surface area contributed by atoms with Gasteiger partial charge in [-0.2, -0.15) is 0 Å². The van der Waals surface area contributed by atoms with Crippen molar-refractivity contribution in [3.8, 4) is 0 Å². The highest BCUT2D eigenvalue weighted by Gasteiger charge is 2.47. The molecule has 6 heteroatoms. The van der Waals surface area contributed by atoms with Crippen LogP contribution in [0.2, 0.25) is 0 Å². The third kappa shape index (κ3) is 2.51. The molecule has 20 heavy (non-hydrogen) atoms. The van der Waals surface area contributed by atoms with Gasteiger partial charge < -0.3 is 15.2 Å². The molecule has 1 saturated heterocycles. The predicted octanol–water partition coefficient (Wildman–Crippen LogP) is 1.35. The highest BCUT2D eigenvalue weighted by molar-refractivity contribution is 5.96. The quantitative estimate of drug-likeness (QED) is 0.877. The van der Waals surface area contributed by atoms with Crippen molar-refractivity contribution in [2.75, 3.05) is 13.2 Å². The Bertz CT molecular complexity index is 560. The fourth-order valence-electron chi connectivity index (χ4n) is 2.20. The van der Waals surface area contributed by atoms with Gasteiger partial charge in [0, 0.05) is 5.56 Å². The van der Waals surface area contributed by atoms with E-state index in [1.165, 1.54) is 25.1 Å². The van der Waals surface area contributed by atoms with Gasteiger partial charge in [-0.05, 0) is 37.6 Å². The Morgan fingerprint density at radius 2 is 2.20 bits per heavy atom. The number of hydrogen-bond acceptors (Lipinski definition) is 3. The van der Waals surface area contributed by atoms with Crippen LogP contribution in [0, 0.1) is 18.2 Å². The molecule has 2 rings (SSSR count). The molecular weight excluding hydrogens is 265 g/mol. The average Bonchev–Trinajstić information content (AvgIpc) is 2.72. The Balaban J connectivity index is 2.17. The largest absolute Gasteiger partial charge is 0.481 e. The zero-order valence-electron chi connectivity index (χ0n) is 11.3. The number of aliphatic carboxylic acids is 1. The molecule has 1 aliphatic heterocycles. The summed E-state index contributed by atoms with van der Waals surface area (Å²) in [5.74, 6) is -1.86. The lowest BCUT2D eigenvalue weighted by Gasteiger charge is -2.25. The lowest BCUT2D eigenvalue weighted by molar-refractivity contribution is -0.148. The number of hydrogen-bond donors (Lipinski definition) is 2. The van der Waals surface area contributed by atoms with E-state index in [1.54, 1.807) is 6.92 Å². The molecule has 2 N–H and O–H groups in total. The van der Waals surface area contributed by atoms with Crippen LogP contribution in [0.1, 0.15) is 22.8 Å². The maximum atomic E-state index is 13.0. The van der Waals surface area contributed by atoms with Gasteiger partial charge in [0.15, 0.2) is 0 Å². The summed E-state index contributed by atoms with van der Waals surface area (Å²) in [6.07, 6.45) is 0. The molecule has 1 aromatic carbocycles. The van der Waals surface area contributed by atoms with Crippen molar-refractivity contribution in [3.05, 3.63) is 35.1 Å². The van der Waals surface area contributed by atoms with Gasteiger partial charge in [0.05, 0.1) is 19.3 Å². The standard InChI is InChI=1S/C14H16FNO4/c1-8-5-9(15)3-4-10(8)12(17)16-11-6-20-7-14(11,2)13(18)19/h3-5,11H,6-7H2,1-2H3,(H,16,17)(H,18,19). The zero-order chi connectivity index (χ0) is 14.9. The maximum Gasteiger partial charge on any atom is 0.313 e. The van der Waals surface area contributed by atoms with E-state index in [2.05, 4.69) is 5.32 Å². The Labute approximate surface area is 115 Å². The molecule has 2 unspecified atom stereocenters. The summed E-state index contributed by atoms with van der Waals surface area (Å²) in [6, 6.07) is 3.23. The molecule has 108 valence electrons. The Morgan fingerprint density at radius 3 is 2.80 bits per heavy atom. The third-order valence-electron chi connectivity index (χ3n) is 3.68. The maximum absolute atomic E-state index is 13.0. The molecule has 0 aliphatic carbocycles. The van der Waals surface area contributed by atoms with E-state index in [-0.39, 0.29) is 13.2 Å². The second-order valence-electron chi connectivity index (χ2n) is 5.22. The molecule has 0 aromatic heterocycles. The summed E-state index contributed by atoms with van der Waals surface area (Å²) in [4.78, 5) is 23.4. The smallest absolute Gasteiger partial charge is 0.313 e. The van der Waals surface area contributed by atoms with Gasteiger partial charge in [0.2, 0.25) is 0 Å². The molecule has 2 atom stereocenters. The van der Waals surface area contributed by atoms with Crippen molar-refractivity contribution < 1.29 is 23.8 Å². The molecule has 0 radical (unpaired) electrons. The van der Waals surface area contributed by atoms with E-state index in [4.69, 9.17) is 4.74 Å². The molecule has 0 bridgehead atoms. The fourth-order valence-corrected chi connectivity index (χ4v) is 2.20. The minimum Gasteiger partial charge on any atom is -0.481 e. The van der Waals surface area contributed by atoms with Crippen LogP contribution in [0.4, 0.5) is 4.39 Å². The molecule has 1 amide bonds. The van der Waals surface area contributed by atoms with Gasteiger partial charge in [-0.15, -0.1) is 0 Å². The van der Waals surface area contributed by atoms with Crippen molar-refractivity contribution >= 4 is 11.9 Å². The highest BCUT2D eigenvalue weighted by Crippen LogP contribution is 2.29. The number of benzene rings is 1. The average molecular weight is 281 g/mol. The number of rotatable bonds is 3. The summed E-state index contributed by atoms with van der Waals surface area (Å²) < 4.78 is 18.2. The minimum absolute atomic E-state index is 0.0513. The normalized spacial score (nSPS) is 25.4. The SMILES string of the molecule is Cc1cc(F)ccc1C(=O)NC1COCC1(C)C(=O)O. The van der Waals surface area contributed by atoms with Crippen molar-refractivity contribution in [3.63, 3.8) is 0 Å². The number of carboxylic acid groups (broad SMARTS) is 1. The lowest BCUT2D eigenvalue weighted by atomic mass is 9.85. The van der Waals surface area contributed by atoms with Crippen LogP contribution < -0.4 is 5.32 Å². The van der Waals surface area contributed by atoms with E-state index in [0.29, 0.717) is 11.1 Å². The summed E-state index contributed by atoms with van der Waals surface area (Å²) >= 11 is 0. The second kappa shape index (κ2) is 5.20. The first-order valence-electron chi connectivity index (χ1n) is 6.23. The van der Waals surface area contributed by atoms with Crippen molar-refractivity contribution in [2.24, 2.45) is 5.41 Å². The third-order valence-corrected chi connectivity index (χ3v) is 3.68. The molecule has 0 spiro atoms. The summed E-state index contributed by atoms with van der Waals surface area (Å²) in [5, 5.41) is 11.9. The van der Waals surface area contributed by atoms with Gasteiger partial charge in [-0.25, -0.2) is 4.39 Å². The molecule has 1 aliphatic rings. The van der Waals surface area contributed by atoms with Crippen molar-refractivity contribution in [1.29, 1.82) is 0 Å². The number of amides is 1. The van der Waals surface area contributed by atoms with Crippen LogP contribution in [-0.4, -0.2) is 36.2 Å². The van der Waals surface area contributed by atoms with Crippen LogP contribution in [0.3, 0.4) is 0 Å². The van der Waals surface area contributed by atoms with Crippen LogP contribution in [-0.2, 0) is 9.53 Å². The molecular formula is C14H16FNO4. The van der Waals surface area contributed by atoms with Crippen molar-refractivity contribution in [2.45, 2.75) is 19.9 Å². The number of halogens is 1. The molecule has 1 aromatic rings. The highest BCUT2D eigenvalue weighted by atomic mass is 19.1. The first-order chi connectivity index (χ1) is 9.34. The van der Waals surface area contributed by atoms with E-state index in [0.717, 1.165) is 0 Å². The van der Waals surface area contributed by atoms with Crippen LogP contribution in [0.5, 0.6) is 0 Å². The second-order valence-corrected chi connectivity index (χ2v) is 5.22. The van der Waals surface area contributed by atoms with Crippen LogP contribution in [0.25, 0.3) is 0 Å². The first kappa shape index (κ1) is 14.5. The summed E-state index contributed by atoms with van der Waals surface area (Å²) in [7, 11) is 0. The van der Waals surface area contributed by atoms with E-state index in [1.807, 2.05) is 0 Å². The zero-order valence-corrected chi connectivity index (χ0v) is 11.3. The minimum atomic E-state index is -1.15. The Kier molecular flexibility index (Phi) is 3.76. The Morgan fingerprint density at radius 1 is 1.50 bits per heavy atom. The molecule has 1 heterocycles. The van der Waals surface area contributed by atoms with Gasteiger partial charge in [0.1, 0.15) is 11.2 Å². The number of carbonyl (C=O) groups excluding carboxylic acids is 1. The van der Waals surface area contributed by atoms with Gasteiger partial charge in [-0.3, -0.25) is 9.59 Å². The molecule has 1 fully saturated rings. The van der Waals surface area contributed by atoms with Gasteiger partial charge in [-0.1, -0.05) is 0 Å². The Hall–Kier alpha value is -1.95. The lowest BCUT2D eigenvalue weighted by Crippen LogP contribution is -2.49. The van der Waals surface area contributed by atoms with Crippen molar-refractivity contribution in [1.82, 2.24) is 5.32 Å². The molecule has 0 saturated carbocycles. The number of nitrogens with one attached hydrogen (secondary N) is 1. The summed E-state index contributed by atoms with van der Waals surface area (Å²) in [6.45, 7) is 3.36. The first-order valence-corrected chi connectivity index (χ1v) is 6.23. The van der Waals surface area contributed by atoms with Gasteiger partial charge >= 0.3 is 5.97 Å². The number of aryl methyl sites for hydroxylation is 1. The molecule has 5 nitrogen and oxygen atoms in total. The van der Waals surface area contributed by atoms with Crippen LogP contribution in [0.15, 0.2) is 18.2 Å². The number of carboxylic acids is 1. The number of ether oxygens (including phenoxy) is 1. The number of carbonyl (C=O) groups is 2. The summed E-state index contributed by atoms with van der Waals surface area (Å²) in [5.41, 5.74) is -0.326. The van der Waals surface area contributed by atoms with Crippen LogP contribution >= 0.6 is 0 Å². The van der Waals surface area contributed by atoms with E-state index < -0.39 is 29.2 Å². The monoisotopic (exact) mass is 281 g/mol. The fraction of sp³-hybridized carbons (Fsp3) is 0.429. The van der Waals surface area contributed by atoms with E-state index in [9.17, 15) is 19.1 Å². The predicted molar refractivity (Wildman–Crippen MR) is 69.0 cm³/mol. The topological polar surface area (TPSA) is 75.6 Å². The van der Waals surface area contributed by atoms with Gasteiger partial charge in [0.25, 0.3) is 5.91 Å². The van der Waals surface area contributed by atoms with E-state index >= 15 is 0 Å².